The molecular weight excluding hydrogens is 260 g/mol. The molecule has 4 N–H and O–H groups in total. The van der Waals surface area contributed by atoms with Gasteiger partial charge in [0.25, 0.3) is 5.91 Å². The highest BCUT2D eigenvalue weighted by atomic mass is 16.7. The van der Waals surface area contributed by atoms with E-state index in [1.165, 1.54) is 6.20 Å². The standard InChI is InChI=1S/C13H14N4O3/c14-10-7-15-17-11(10)12(18)16-9-3-1-8(2-4-9)13-19-5-6-20-13/h1-4,7,13H,5-6,14H2,(H,15,17)(H,16,18). The number of anilines is 2. The molecule has 0 atom stereocenters. The molecule has 7 nitrogen and oxygen atoms in total. The summed E-state index contributed by atoms with van der Waals surface area (Å²) >= 11 is 0. The van der Waals surface area contributed by atoms with Crippen molar-refractivity contribution in [3.05, 3.63) is 41.7 Å². The summed E-state index contributed by atoms with van der Waals surface area (Å²) in [5.41, 5.74) is 7.75. The lowest BCUT2D eigenvalue weighted by Gasteiger charge is -2.10. The first-order chi connectivity index (χ1) is 9.74. The van der Waals surface area contributed by atoms with E-state index in [9.17, 15) is 4.79 Å². The molecule has 1 aromatic heterocycles. The van der Waals surface area contributed by atoms with E-state index in [4.69, 9.17) is 15.2 Å². The number of ether oxygens (including phenoxy) is 2. The van der Waals surface area contributed by atoms with Gasteiger partial charge in [-0.15, -0.1) is 0 Å². The van der Waals surface area contributed by atoms with Gasteiger partial charge >= 0.3 is 0 Å². The van der Waals surface area contributed by atoms with Crippen LogP contribution in [0.15, 0.2) is 30.5 Å². The highest BCUT2D eigenvalue weighted by Gasteiger charge is 2.18. The lowest BCUT2D eigenvalue weighted by atomic mass is 10.2. The molecule has 0 saturated carbocycles. The number of carbonyl (C=O) groups excluding carboxylic acids is 1. The van der Waals surface area contributed by atoms with Crippen LogP contribution in [0, 0.1) is 0 Å². The van der Waals surface area contributed by atoms with Crippen LogP contribution in [0.25, 0.3) is 0 Å². The molecule has 1 amide bonds. The summed E-state index contributed by atoms with van der Waals surface area (Å²) in [6, 6.07) is 7.26. The maximum absolute atomic E-state index is 11.9. The minimum absolute atomic E-state index is 0.247. The van der Waals surface area contributed by atoms with Crippen LogP contribution in [0.4, 0.5) is 11.4 Å². The second-order valence-corrected chi connectivity index (χ2v) is 4.35. The summed E-state index contributed by atoms with van der Waals surface area (Å²) in [4.78, 5) is 11.9. The average molecular weight is 274 g/mol. The molecule has 1 saturated heterocycles. The van der Waals surface area contributed by atoms with Crippen molar-refractivity contribution < 1.29 is 14.3 Å². The Balaban J connectivity index is 1.69. The molecule has 1 aliphatic rings. The molecule has 2 heterocycles. The number of hydrogen-bond donors (Lipinski definition) is 3. The molecule has 0 radical (unpaired) electrons. The minimum atomic E-state index is -0.332. The van der Waals surface area contributed by atoms with Crippen LogP contribution in [0.1, 0.15) is 22.3 Å². The molecule has 3 rings (SSSR count). The third-order valence-electron chi connectivity index (χ3n) is 2.96. The van der Waals surface area contributed by atoms with E-state index in [2.05, 4.69) is 15.5 Å². The van der Waals surface area contributed by atoms with Crippen LogP contribution < -0.4 is 11.1 Å². The van der Waals surface area contributed by atoms with Crippen molar-refractivity contribution in [2.75, 3.05) is 24.3 Å². The van der Waals surface area contributed by atoms with Gasteiger partial charge in [0.2, 0.25) is 0 Å². The topological polar surface area (TPSA) is 102 Å². The molecule has 7 heteroatoms. The molecule has 0 bridgehead atoms. The fourth-order valence-corrected chi connectivity index (χ4v) is 1.95. The molecule has 1 fully saturated rings. The smallest absolute Gasteiger partial charge is 0.275 e. The monoisotopic (exact) mass is 274 g/mol. The Morgan fingerprint density at radius 3 is 2.60 bits per heavy atom. The number of carbonyl (C=O) groups is 1. The Morgan fingerprint density at radius 2 is 2.00 bits per heavy atom. The number of hydrogen-bond acceptors (Lipinski definition) is 5. The fraction of sp³-hybridized carbons (Fsp3) is 0.231. The highest BCUT2D eigenvalue weighted by Crippen LogP contribution is 2.24. The zero-order valence-corrected chi connectivity index (χ0v) is 10.6. The van der Waals surface area contributed by atoms with Gasteiger partial charge in [0.1, 0.15) is 5.69 Å². The number of H-pyrrole nitrogens is 1. The van der Waals surface area contributed by atoms with Gasteiger partial charge in [0, 0.05) is 11.3 Å². The van der Waals surface area contributed by atoms with Gasteiger partial charge in [0.15, 0.2) is 6.29 Å². The van der Waals surface area contributed by atoms with Crippen LogP contribution in [0.3, 0.4) is 0 Å². The van der Waals surface area contributed by atoms with Gasteiger partial charge in [-0.05, 0) is 12.1 Å². The maximum Gasteiger partial charge on any atom is 0.275 e. The van der Waals surface area contributed by atoms with Crippen molar-refractivity contribution in [3.63, 3.8) is 0 Å². The number of nitrogens with two attached hydrogens (primary N) is 1. The molecule has 104 valence electrons. The number of nitrogen functional groups attached to an aromatic ring is 1. The van der Waals surface area contributed by atoms with Gasteiger partial charge < -0.3 is 20.5 Å². The number of amides is 1. The Bertz CT molecular complexity index is 602. The number of rotatable bonds is 3. The molecule has 1 aliphatic heterocycles. The molecule has 1 aromatic carbocycles. The van der Waals surface area contributed by atoms with E-state index in [1.54, 1.807) is 12.1 Å². The Labute approximate surface area is 115 Å². The van der Waals surface area contributed by atoms with Gasteiger partial charge in [-0.3, -0.25) is 9.89 Å². The van der Waals surface area contributed by atoms with Crippen LogP contribution in [-0.4, -0.2) is 29.3 Å². The maximum atomic E-state index is 11.9. The molecule has 2 aromatic rings. The summed E-state index contributed by atoms with van der Waals surface area (Å²) in [5.74, 6) is -0.332. The first kappa shape index (κ1) is 12.6. The molecule has 0 unspecified atom stereocenters. The lowest BCUT2D eigenvalue weighted by molar-refractivity contribution is -0.0441. The quantitative estimate of drug-likeness (QED) is 0.782. The number of nitrogens with zero attached hydrogens (tertiary/aromatic N) is 1. The number of aromatic nitrogens is 2. The summed E-state index contributed by atoms with van der Waals surface area (Å²) < 4.78 is 10.8. The van der Waals surface area contributed by atoms with Crippen molar-refractivity contribution in [3.8, 4) is 0 Å². The van der Waals surface area contributed by atoms with Gasteiger partial charge in [-0.1, -0.05) is 12.1 Å². The highest BCUT2D eigenvalue weighted by molar-refractivity contribution is 6.06. The normalized spacial score (nSPS) is 15.4. The zero-order valence-electron chi connectivity index (χ0n) is 10.6. The molecule has 0 aliphatic carbocycles. The predicted octanol–water partition coefficient (Wildman–Crippen LogP) is 1.29. The van der Waals surface area contributed by atoms with E-state index in [0.717, 1.165) is 5.56 Å². The SMILES string of the molecule is Nc1cn[nH]c1C(=O)Nc1ccc(C2OCCO2)cc1. The van der Waals surface area contributed by atoms with Crippen LogP contribution in [0.5, 0.6) is 0 Å². The minimum Gasteiger partial charge on any atom is -0.396 e. The fourth-order valence-electron chi connectivity index (χ4n) is 1.95. The van der Waals surface area contributed by atoms with Crippen molar-refractivity contribution >= 4 is 17.3 Å². The van der Waals surface area contributed by atoms with E-state index in [0.29, 0.717) is 24.6 Å². The first-order valence-electron chi connectivity index (χ1n) is 6.17. The van der Waals surface area contributed by atoms with E-state index < -0.39 is 0 Å². The van der Waals surface area contributed by atoms with Crippen molar-refractivity contribution in [2.24, 2.45) is 0 Å². The lowest BCUT2D eigenvalue weighted by Crippen LogP contribution is -2.14. The second kappa shape index (κ2) is 5.32. The zero-order chi connectivity index (χ0) is 13.9. The van der Waals surface area contributed by atoms with Crippen molar-refractivity contribution in [1.29, 1.82) is 0 Å². The Hall–Kier alpha value is -2.38. The summed E-state index contributed by atoms with van der Waals surface area (Å²) in [5, 5.41) is 8.99. The summed E-state index contributed by atoms with van der Waals surface area (Å²) in [6.07, 6.45) is 1.08. The third-order valence-corrected chi connectivity index (χ3v) is 2.96. The first-order valence-corrected chi connectivity index (χ1v) is 6.17. The molecule has 20 heavy (non-hydrogen) atoms. The van der Waals surface area contributed by atoms with E-state index in [1.807, 2.05) is 12.1 Å². The van der Waals surface area contributed by atoms with Crippen LogP contribution >= 0.6 is 0 Å². The van der Waals surface area contributed by atoms with Gasteiger partial charge in [-0.25, -0.2) is 0 Å². The van der Waals surface area contributed by atoms with Crippen LogP contribution in [-0.2, 0) is 9.47 Å². The van der Waals surface area contributed by atoms with E-state index in [-0.39, 0.29) is 17.9 Å². The summed E-state index contributed by atoms with van der Waals surface area (Å²) in [6.45, 7) is 1.20. The number of benzene rings is 1. The van der Waals surface area contributed by atoms with Gasteiger partial charge in [0.05, 0.1) is 25.1 Å². The Kier molecular flexibility index (Phi) is 3.36. The Morgan fingerprint density at radius 1 is 1.30 bits per heavy atom. The molecule has 0 spiro atoms. The van der Waals surface area contributed by atoms with E-state index >= 15 is 0 Å². The third kappa shape index (κ3) is 2.49. The predicted molar refractivity (Wildman–Crippen MR) is 72.0 cm³/mol. The average Bonchev–Trinajstić information content (AvgIpc) is 3.10. The second-order valence-electron chi connectivity index (χ2n) is 4.35. The van der Waals surface area contributed by atoms with Crippen LogP contribution in [0.2, 0.25) is 0 Å². The number of aromatic amines is 1. The van der Waals surface area contributed by atoms with Crippen molar-refractivity contribution in [2.45, 2.75) is 6.29 Å². The van der Waals surface area contributed by atoms with Gasteiger partial charge in [-0.2, -0.15) is 5.10 Å². The molecular formula is C13H14N4O3. The largest absolute Gasteiger partial charge is 0.396 e. The van der Waals surface area contributed by atoms with Crippen molar-refractivity contribution in [1.82, 2.24) is 10.2 Å². The summed E-state index contributed by atoms with van der Waals surface area (Å²) in [7, 11) is 0. The number of nitrogens with one attached hydrogen (secondary N) is 2.